The first-order chi connectivity index (χ1) is 14.2. The molecule has 1 N–H and O–H groups in total. The van der Waals surface area contributed by atoms with Crippen molar-refractivity contribution in [3.63, 3.8) is 0 Å². The number of hydrogen-bond acceptors (Lipinski definition) is 7. The van der Waals surface area contributed by atoms with Gasteiger partial charge in [-0.1, -0.05) is 38.8 Å². The number of rotatable bonds is 8. The van der Waals surface area contributed by atoms with E-state index in [0.29, 0.717) is 18.4 Å². The predicted molar refractivity (Wildman–Crippen MR) is 111 cm³/mol. The highest BCUT2D eigenvalue weighted by atomic mass is 32.2. The van der Waals surface area contributed by atoms with Crippen molar-refractivity contribution in [2.24, 2.45) is 5.41 Å². The van der Waals surface area contributed by atoms with Gasteiger partial charge in [-0.05, 0) is 25.8 Å². The van der Waals surface area contributed by atoms with Crippen LogP contribution in [0.4, 0.5) is 5.69 Å². The highest BCUT2D eigenvalue weighted by Crippen LogP contribution is 2.33. The van der Waals surface area contributed by atoms with Crippen molar-refractivity contribution in [1.82, 2.24) is 0 Å². The van der Waals surface area contributed by atoms with Crippen LogP contribution in [0.15, 0.2) is 6.07 Å². The number of hydrogen-bond donors (Lipinski definition) is 1. The number of carbonyl (C=O) groups excluding carboxylic acids is 3. The van der Waals surface area contributed by atoms with Gasteiger partial charge in [0, 0.05) is 12.0 Å². The van der Waals surface area contributed by atoms with E-state index in [2.05, 4.69) is 21.6 Å². The molecule has 0 saturated heterocycles. The van der Waals surface area contributed by atoms with Crippen molar-refractivity contribution in [3.05, 3.63) is 29.3 Å². The van der Waals surface area contributed by atoms with Crippen LogP contribution in [-0.2, 0) is 47.1 Å². The molecule has 1 atom stereocenters. The van der Waals surface area contributed by atoms with E-state index in [9.17, 15) is 22.8 Å². The molecule has 30 heavy (non-hydrogen) atoms. The predicted octanol–water partition coefficient (Wildman–Crippen LogP) is 2.94. The maximum Gasteiger partial charge on any atom is 0.319 e. The topological polar surface area (TPSA) is 116 Å². The third kappa shape index (κ3) is 7.34. The van der Waals surface area contributed by atoms with Gasteiger partial charge < -0.3 is 9.47 Å². The smallest absolute Gasteiger partial charge is 0.319 e. The van der Waals surface area contributed by atoms with Crippen molar-refractivity contribution < 1.29 is 32.3 Å². The monoisotopic (exact) mass is 439 g/mol. The molecule has 166 valence electrons. The van der Waals surface area contributed by atoms with Crippen LogP contribution >= 0.6 is 0 Å². The van der Waals surface area contributed by atoms with E-state index < -0.39 is 21.4 Å². The van der Waals surface area contributed by atoms with Gasteiger partial charge in [-0.25, -0.2) is 8.42 Å². The first-order valence-electron chi connectivity index (χ1n) is 9.85. The highest BCUT2D eigenvalue weighted by Gasteiger charge is 2.42. The van der Waals surface area contributed by atoms with Gasteiger partial charge in [0.1, 0.15) is 24.4 Å². The Bertz CT molecular complexity index is 851. The number of anilines is 1. The molecule has 1 saturated carbocycles. The second-order valence-corrected chi connectivity index (χ2v) is 8.73. The summed E-state index contributed by atoms with van der Waals surface area (Å²) in [7, 11) is -3.61. The second-order valence-electron chi connectivity index (χ2n) is 6.99. The van der Waals surface area contributed by atoms with Crippen LogP contribution in [0.3, 0.4) is 0 Å². The SMILES string of the molecule is CC.CC1(C(=O)OCc2c#cc(COC=O)cc2NS(C)(=O)=O)CCCCCC1=O. The summed E-state index contributed by atoms with van der Waals surface area (Å²) in [5.74, 6) is -0.771. The average Bonchev–Trinajstić information content (AvgIpc) is 2.87. The standard InChI is InChI=1S/C19H23NO7S.C2H6/c1-19(9-5-3-4-6-17(19)22)18(23)27-12-15-8-7-14(11-26-13-21)10-16(15)20-28(2,24)25;1-2/h10,13,20H,3-6,9,11-12H2,1-2H3;1-2H3. The van der Waals surface area contributed by atoms with Crippen molar-refractivity contribution in [2.45, 2.75) is 66.1 Å². The van der Waals surface area contributed by atoms with Gasteiger partial charge in [0.05, 0.1) is 17.5 Å². The summed E-state index contributed by atoms with van der Waals surface area (Å²) in [5, 5.41) is 0. The second kappa shape index (κ2) is 11.6. The minimum Gasteiger partial charge on any atom is -0.462 e. The molecule has 1 unspecified atom stereocenters. The van der Waals surface area contributed by atoms with Gasteiger partial charge in [0.15, 0.2) is 0 Å². The molecular formula is C21H29NO7S. The number of ketones is 1. The first-order valence-corrected chi connectivity index (χ1v) is 11.7. The number of carbonyl (C=O) groups is 3. The third-order valence-electron chi connectivity index (χ3n) is 4.61. The van der Waals surface area contributed by atoms with Gasteiger partial charge in [0.25, 0.3) is 6.47 Å². The number of esters is 1. The molecule has 8 nitrogen and oxygen atoms in total. The Hall–Kier alpha value is -2.60. The Morgan fingerprint density at radius 3 is 2.57 bits per heavy atom. The molecule has 0 heterocycles. The fourth-order valence-corrected chi connectivity index (χ4v) is 3.58. The van der Waals surface area contributed by atoms with E-state index >= 15 is 0 Å². The zero-order valence-electron chi connectivity index (χ0n) is 17.9. The van der Waals surface area contributed by atoms with Gasteiger partial charge >= 0.3 is 5.97 Å². The molecule has 0 spiro atoms. The molecule has 2 rings (SSSR count). The average molecular weight is 440 g/mol. The van der Waals surface area contributed by atoms with Gasteiger partial charge in [-0.3, -0.25) is 19.1 Å². The fourth-order valence-electron chi connectivity index (χ4n) is 3.00. The lowest BCUT2D eigenvalue weighted by atomic mass is 9.81. The molecular weight excluding hydrogens is 410 g/mol. The Labute approximate surface area is 178 Å². The lowest BCUT2D eigenvalue weighted by molar-refractivity contribution is -0.161. The van der Waals surface area contributed by atoms with E-state index in [1.807, 2.05) is 13.8 Å². The minimum atomic E-state index is -3.61. The minimum absolute atomic E-state index is 0.106. The normalized spacial score (nSPS) is 18.7. The van der Waals surface area contributed by atoms with E-state index in [1.54, 1.807) is 6.92 Å². The number of Topliss-reactive ketones (excluding diaryl/α,β-unsaturated/α-hetero) is 1. The van der Waals surface area contributed by atoms with E-state index in [4.69, 9.17) is 4.74 Å². The largest absolute Gasteiger partial charge is 0.462 e. The van der Waals surface area contributed by atoms with Crippen LogP contribution in [0, 0.1) is 17.5 Å². The summed E-state index contributed by atoms with van der Waals surface area (Å²) in [6.45, 7) is 5.47. The van der Waals surface area contributed by atoms with Crippen molar-refractivity contribution >= 4 is 33.9 Å². The Balaban J connectivity index is 0.00000218. The quantitative estimate of drug-likeness (QED) is 0.286. The van der Waals surface area contributed by atoms with Crippen LogP contribution < -0.4 is 4.72 Å². The molecule has 1 aliphatic rings. The molecule has 0 aliphatic heterocycles. The van der Waals surface area contributed by atoms with Crippen molar-refractivity contribution in [1.29, 1.82) is 0 Å². The number of sulfonamides is 1. The first kappa shape index (κ1) is 25.4. The molecule has 1 aromatic carbocycles. The molecule has 0 aromatic heterocycles. The van der Waals surface area contributed by atoms with Crippen molar-refractivity contribution in [3.8, 4) is 0 Å². The van der Waals surface area contributed by atoms with Crippen LogP contribution in [0.25, 0.3) is 0 Å². The van der Waals surface area contributed by atoms with Gasteiger partial charge in [0.2, 0.25) is 10.0 Å². The Kier molecular flexibility index (Phi) is 9.79. The number of ether oxygens (including phenoxy) is 2. The summed E-state index contributed by atoms with van der Waals surface area (Å²) >= 11 is 0. The molecule has 9 heteroatoms. The zero-order valence-corrected chi connectivity index (χ0v) is 18.7. The van der Waals surface area contributed by atoms with Crippen LogP contribution in [0.2, 0.25) is 0 Å². The van der Waals surface area contributed by atoms with E-state index in [0.717, 1.165) is 25.5 Å². The number of nitrogens with one attached hydrogen (secondary N) is 1. The molecule has 0 radical (unpaired) electrons. The fraction of sp³-hybridized carbons (Fsp3) is 0.571. The molecule has 0 bridgehead atoms. The van der Waals surface area contributed by atoms with Crippen LogP contribution in [-0.4, -0.2) is 32.9 Å². The lowest BCUT2D eigenvalue weighted by Gasteiger charge is -2.24. The third-order valence-corrected chi connectivity index (χ3v) is 5.20. The molecule has 1 aromatic rings. The summed E-state index contributed by atoms with van der Waals surface area (Å²) in [6.07, 6.45) is 4.17. The molecule has 1 fully saturated rings. The highest BCUT2D eigenvalue weighted by molar-refractivity contribution is 7.92. The molecule has 0 amide bonds. The van der Waals surface area contributed by atoms with Crippen LogP contribution in [0.1, 0.15) is 64.0 Å². The Morgan fingerprint density at radius 1 is 1.23 bits per heavy atom. The summed E-state index contributed by atoms with van der Waals surface area (Å²) in [6, 6.07) is 6.87. The molecule has 1 aliphatic carbocycles. The maximum absolute atomic E-state index is 12.6. The Morgan fingerprint density at radius 2 is 1.93 bits per heavy atom. The summed E-state index contributed by atoms with van der Waals surface area (Å²) < 4.78 is 35.5. The van der Waals surface area contributed by atoms with Gasteiger partial charge in [-0.2, -0.15) is 0 Å². The van der Waals surface area contributed by atoms with Crippen LogP contribution in [0.5, 0.6) is 0 Å². The summed E-state index contributed by atoms with van der Waals surface area (Å²) in [4.78, 5) is 35.3. The zero-order chi connectivity index (χ0) is 22.8. The lowest BCUT2D eigenvalue weighted by Crippen LogP contribution is -2.37. The van der Waals surface area contributed by atoms with E-state index in [-0.39, 0.29) is 36.7 Å². The van der Waals surface area contributed by atoms with E-state index in [1.165, 1.54) is 6.07 Å². The maximum atomic E-state index is 12.6. The van der Waals surface area contributed by atoms with Gasteiger partial charge in [-0.15, -0.1) is 0 Å². The summed E-state index contributed by atoms with van der Waals surface area (Å²) in [5.41, 5.74) is -0.420. The van der Waals surface area contributed by atoms with Crippen molar-refractivity contribution in [2.75, 3.05) is 11.0 Å².